The predicted octanol–water partition coefficient (Wildman–Crippen LogP) is 0.659. The van der Waals surface area contributed by atoms with Crippen LogP contribution in [0.3, 0.4) is 0 Å². The van der Waals surface area contributed by atoms with E-state index in [1.165, 1.54) is 6.26 Å². The first kappa shape index (κ1) is 13.3. The van der Waals surface area contributed by atoms with Crippen molar-refractivity contribution in [1.82, 2.24) is 4.98 Å². The summed E-state index contributed by atoms with van der Waals surface area (Å²) in [4.78, 5) is 6.39. The molecule has 5 nitrogen and oxygen atoms in total. The summed E-state index contributed by atoms with van der Waals surface area (Å²) in [5.74, 6) is 1.07. The average Bonchev–Trinajstić information content (AvgIpc) is 2.26. The number of hydrogen-bond acceptors (Lipinski definition) is 5. The third-order valence-electron chi connectivity index (χ3n) is 3.32. The van der Waals surface area contributed by atoms with Crippen LogP contribution in [0.2, 0.25) is 0 Å². The van der Waals surface area contributed by atoms with Gasteiger partial charge in [0.05, 0.1) is 0 Å². The van der Waals surface area contributed by atoms with Crippen molar-refractivity contribution in [1.29, 1.82) is 0 Å². The molecule has 2 rings (SSSR count). The van der Waals surface area contributed by atoms with Gasteiger partial charge >= 0.3 is 0 Å². The highest BCUT2D eigenvalue weighted by Gasteiger charge is 2.28. The molecule has 0 radical (unpaired) electrons. The maximum atomic E-state index is 11.7. The predicted molar refractivity (Wildman–Crippen MR) is 71.3 cm³/mol. The molecular weight excluding hydrogens is 250 g/mol. The fraction of sp³-hybridized carbons (Fsp3) is 0.583. The van der Waals surface area contributed by atoms with Gasteiger partial charge in [-0.15, -0.1) is 0 Å². The first-order valence-electron chi connectivity index (χ1n) is 5.99. The molecule has 0 spiro atoms. The molecule has 18 heavy (non-hydrogen) atoms. The highest BCUT2D eigenvalue weighted by Crippen LogP contribution is 2.29. The standard InChI is InChI=1S/C12H19N3O2S/c1-15(8-9-6-10(13)7-9)12-11(18(2,16)17)4-3-5-14-12/h3-5,9-10H,6-8,13H2,1-2H3. The van der Waals surface area contributed by atoms with Gasteiger partial charge in [0.15, 0.2) is 9.84 Å². The molecule has 1 fully saturated rings. The molecule has 1 aromatic rings. The summed E-state index contributed by atoms with van der Waals surface area (Å²) in [6.07, 6.45) is 4.84. The zero-order valence-corrected chi connectivity index (χ0v) is 11.5. The minimum atomic E-state index is -3.24. The molecule has 6 heteroatoms. The number of nitrogens with zero attached hydrogens (tertiary/aromatic N) is 2. The van der Waals surface area contributed by atoms with E-state index in [1.54, 1.807) is 18.3 Å². The molecule has 0 unspecified atom stereocenters. The Morgan fingerprint density at radius 1 is 1.50 bits per heavy atom. The fourth-order valence-electron chi connectivity index (χ4n) is 2.37. The lowest BCUT2D eigenvalue weighted by atomic mass is 9.80. The summed E-state index contributed by atoms with van der Waals surface area (Å²) >= 11 is 0. The molecule has 0 atom stereocenters. The molecule has 1 aliphatic rings. The monoisotopic (exact) mass is 269 g/mol. The molecule has 100 valence electrons. The average molecular weight is 269 g/mol. The Bertz CT molecular complexity index is 524. The zero-order valence-electron chi connectivity index (χ0n) is 10.7. The van der Waals surface area contributed by atoms with E-state index < -0.39 is 9.84 Å². The first-order valence-corrected chi connectivity index (χ1v) is 7.89. The van der Waals surface area contributed by atoms with Gasteiger partial charge in [0.1, 0.15) is 10.7 Å². The Morgan fingerprint density at radius 3 is 2.72 bits per heavy atom. The maximum absolute atomic E-state index is 11.7. The van der Waals surface area contributed by atoms with Crippen LogP contribution in [0.1, 0.15) is 12.8 Å². The lowest BCUT2D eigenvalue weighted by Crippen LogP contribution is -2.42. The minimum absolute atomic E-state index is 0.288. The van der Waals surface area contributed by atoms with Gasteiger partial charge in [-0.1, -0.05) is 0 Å². The van der Waals surface area contributed by atoms with Crippen molar-refractivity contribution in [3.05, 3.63) is 18.3 Å². The van der Waals surface area contributed by atoms with E-state index in [1.807, 2.05) is 11.9 Å². The molecule has 1 heterocycles. The van der Waals surface area contributed by atoms with Gasteiger partial charge in [0, 0.05) is 32.1 Å². The summed E-state index contributed by atoms with van der Waals surface area (Å²) < 4.78 is 23.4. The Hall–Kier alpha value is -1.14. The summed E-state index contributed by atoms with van der Waals surface area (Å²) in [5.41, 5.74) is 5.75. The lowest BCUT2D eigenvalue weighted by molar-refractivity contribution is 0.270. The summed E-state index contributed by atoms with van der Waals surface area (Å²) in [6, 6.07) is 3.55. The smallest absolute Gasteiger partial charge is 0.179 e. The molecule has 1 saturated carbocycles. The van der Waals surface area contributed by atoms with E-state index in [9.17, 15) is 8.42 Å². The van der Waals surface area contributed by atoms with Crippen LogP contribution in [-0.4, -0.2) is 39.3 Å². The highest BCUT2D eigenvalue weighted by molar-refractivity contribution is 7.90. The van der Waals surface area contributed by atoms with Crippen molar-refractivity contribution in [2.24, 2.45) is 11.7 Å². The topological polar surface area (TPSA) is 76.3 Å². The molecule has 0 aliphatic heterocycles. The maximum Gasteiger partial charge on any atom is 0.179 e. The second-order valence-corrected chi connectivity index (χ2v) is 7.06. The van der Waals surface area contributed by atoms with Crippen LogP contribution >= 0.6 is 0 Å². The molecule has 2 N–H and O–H groups in total. The van der Waals surface area contributed by atoms with E-state index >= 15 is 0 Å². The fourth-order valence-corrected chi connectivity index (χ4v) is 3.23. The van der Waals surface area contributed by atoms with Gasteiger partial charge < -0.3 is 10.6 Å². The number of pyridine rings is 1. The Labute approximate surface area is 108 Å². The van der Waals surface area contributed by atoms with Gasteiger partial charge in [-0.3, -0.25) is 0 Å². The van der Waals surface area contributed by atoms with Crippen LogP contribution < -0.4 is 10.6 Å². The van der Waals surface area contributed by atoms with Gasteiger partial charge in [0.2, 0.25) is 0 Å². The van der Waals surface area contributed by atoms with Crippen LogP contribution in [-0.2, 0) is 9.84 Å². The molecule has 0 saturated heterocycles. The molecule has 0 bridgehead atoms. The number of hydrogen-bond donors (Lipinski definition) is 1. The highest BCUT2D eigenvalue weighted by atomic mass is 32.2. The van der Waals surface area contributed by atoms with Crippen LogP contribution in [0.15, 0.2) is 23.2 Å². The zero-order chi connectivity index (χ0) is 13.3. The van der Waals surface area contributed by atoms with Crippen LogP contribution in [0.25, 0.3) is 0 Å². The number of rotatable bonds is 4. The normalized spacial score (nSPS) is 23.5. The number of sulfone groups is 1. The van der Waals surface area contributed by atoms with Crippen molar-refractivity contribution in [2.45, 2.75) is 23.8 Å². The van der Waals surface area contributed by atoms with E-state index in [2.05, 4.69) is 4.98 Å². The van der Waals surface area contributed by atoms with Gasteiger partial charge in [-0.2, -0.15) is 0 Å². The van der Waals surface area contributed by atoms with Crippen molar-refractivity contribution in [3.63, 3.8) is 0 Å². The largest absolute Gasteiger partial charge is 0.358 e. The van der Waals surface area contributed by atoms with Crippen molar-refractivity contribution in [3.8, 4) is 0 Å². The second-order valence-electron chi connectivity index (χ2n) is 5.08. The third-order valence-corrected chi connectivity index (χ3v) is 4.43. The molecule has 1 aromatic heterocycles. The van der Waals surface area contributed by atoms with Crippen LogP contribution in [0.5, 0.6) is 0 Å². The van der Waals surface area contributed by atoms with E-state index in [-0.39, 0.29) is 4.90 Å². The third kappa shape index (κ3) is 2.81. The van der Waals surface area contributed by atoms with E-state index in [0.29, 0.717) is 17.8 Å². The van der Waals surface area contributed by atoms with E-state index in [0.717, 1.165) is 19.4 Å². The van der Waals surface area contributed by atoms with Crippen molar-refractivity contribution < 1.29 is 8.42 Å². The SMILES string of the molecule is CN(CC1CC(N)C1)c1ncccc1S(C)(=O)=O. The molecule has 1 aliphatic carbocycles. The van der Waals surface area contributed by atoms with Gasteiger partial charge in [-0.25, -0.2) is 13.4 Å². The molecular formula is C12H19N3O2S. The minimum Gasteiger partial charge on any atom is -0.358 e. The summed E-state index contributed by atoms with van der Waals surface area (Å²) in [5, 5.41) is 0. The van der Waals surface area contributed by atoms with Crippen LogP contribution in [0.4, 0.5) is 5.82 Å². The molecule has 0 amide bonds. The lowest BCUT2D eigenvalue weighted by Gasteiger charge is -2.35. The van der Waals surface area contributed by atoms with E-state index in [4.69, 9.17) is 5.73 Å². The van der Waals surface area contributed by atoms with Gasteiger partial charge in [0.25, 0.3) is 0 Å². The summed E-state index contributed by atoms with van der Waals surface area (Å²) in [7, 11) is -1.37. The van der Waals surface area contributed by atoms with Crippen molar-refractivity contribution in [2.75, 3.05) is 24.7 Å². The second kappa shape index (κ2) is 4.85. The van der Waals surface area contributed by atoms with Crippen molar-refractivity contribution >= 4 is 15.7 Å². The Kier molecular flexibility index (Phi) is 3.59. The molecule has 0 aromatic carbocycles. The number of anilines is 1. The number of aromatic nitrogens is 1. The number of nitrogens with two attached hydrogens (primary N) is 1. The Morgan fingerprint density at radius 2 is 2.17 bits per heavy atom. The first-order chi connectivity index (χ1) is 8.38. The van der Waals surface area contributed by atoms with Gasteiger partial charge in [-0.05, 0) is 30.9 Å². The van der Waals surface area contributed by atoms with Crippen LogP contribution in [0, 0.1) is 5.92 Å². The summed E-state index contributed by atoms with van der Waals surface area (Å²) in [6.45, 7) is 0.799. The Balaban J connectivity index is 2.17. The quantitative estimate of drug-likeness (QED) is 0.869.